The lowest BCUT2D eigenvalue weighted by molar-refractivity contribution is 0.466. The van der Waals surface area contributed by atoms with Crippen molar-refractivity contribution in [2.24, 2.45) is 0 Å². The summed E-state index contributed by atoms with van der Waals surface area (Å²) in [5.74, 6) is 0.941. The van der Waals surface area contributed by atoms with Crippen molar-refractivity contribution in [1.82, 2.24) is 5.32 Å². The van der Waals surface area contributed by atoms with E-state index in [-0.39, 0.29) is 0 Å². The maximum Gasteiger partial charge on any atom is 0.169 e. The Kier molecular flexibility index (Phi) is 4.46. The van der Waals surface area contributed by atoms with Crippen molar-refractivity contribution in [3.63, 3.8) is 0 Å². The molecule has 0 spiro atoms. The highest BCUT2D eigenvalue weighted by Gasteiger charge is 2.00. The van der Waals surface area contributed by atoms with Crippen LogP contribution in [0.2, 0.25) is 4.34 Å². The standard InChI is InChI=1S/C11H11BrClNOS/c12-10-3-1-8(15-10)7-14-6-5-9-2-4-11(13)16-9/h1-4,14H,5-7H2. The second-order valence-electron chi connectivity index (χ2n) is 3.34. The van der Waals surface area contributed by atoms with Crippen LogP contribution in [0.15, 0.2) is 33.4 Å². The summed E-state index contributed by atoms with van der Waals surface area (Å²) in [5.41, 5.74) is 0. The minimum atomic E-state index is 0.755. The van der Waals surface area contributed by atoms with Gasteiger partial charge in [0.25, 0.3) is 0 Å². The first-order valence-electron chi connectivity index (χ1n) is 4.93. The number of rotatable bonds is 5. The zero-order valence-corrected chi connectivity index (χ0v) is 11.7. The maximum absolute atomic E-state index is 5.85. The van der Waals surface area contributed by atoms with Gasteiger partial charge in [0.05, 0.1) is 10.9 Å². The number of halogens is 2. The van der Waals surface area contributed by atoms with Crippen molar-refractivity contribution in [3.8, 4) is 0 Å². The number of furan rings is 1. The SMILES string of the molecule is Clc1ccc(CCNCc2ccc(Br)o2)s1. The van der Waals surface area contributed by atoms with E-state index in [9.17, 15) is 0 Å². The molecular formula is C11H11BrClNOS. The van der Waals surface area contributed by atoms with E-state index < -0.39 is 0 Å². The Morgan fingerprint density at radius 2 is 2.19 bits per heavy atom. The van der Waals surface area contributed by atoms with E-state index in [1.807, 2.05) is 18.2 Å². The molecule has 0 saturated carbocycles. The van der Waals surface area contributed by atoms with Gasteiger partial charge in [-0.05, 0) is 46.6 Å². The summed E-state index contributed by atoms with van der Waals surface area (Å²) in [6.45, 7) is 1.68. The third-order valence-corrected chi connectivity index (χ3v) is 3.82. The number of hydrogen-bond donors (Lipinski definition) is 1. The molecule has 0 atom stereocenters. The summed E-state index contributed by atoms with van der Waals surface area (Å²) in [6.07, 6.45) is 0.999. The Balaban J connectivity index is 1.69. The van der Waals surface area contributed by atoms with Crippen molar-refractivity contribution in [2.75, 3.05) is 6.54 Å². The first-order valence-corrected chi connectivity index (χ1v) is 6.92. The summed E-state index contributed by atoms with van der Waals surface area (Å²) in [6, 6.07) is 7.86. The number of thiophene rings is 1. The topological polar surface area (TPSA) is 25.2 Å². The van der Waals surface area contributed by atoms with Crippen LogP contribution >= 0.6 is 38.9 Å². The van der Waals surface area contributed by atoms with E-state index in [4.69, 9.17) is 16.0 Å². The van der Waals surface area contributed by atoms with E-state index in [0.29, 0.717) is 0 Å². The Morgan fingerprint density at radius 1 is 1.31 bits per heavy atom. The monoisotopic (exact) mass is 319 g/mol. The highest BCUT2D eigenvalue weighted by molar-refractivity contribution is 9.10. The molecule has 2 aromatic heterocycles. The quantitative estimate of drug-likeness (QED) is 0.839. The molecule has 2 rings (SSSR count). The lowest BCUT2D eigenvalue weighted by Gasteiger charge is -2.00. The van der Waals surface area contributed by atoms with Crippen molar-refractivity contribution in [3.05, 3.63) is 43.9 Å². The van der Waals surface area contributed by atoms with Gasteiger partial charge in [-0.15, -0.1) is 11.3 Å². The molecule has 0 radical (unpaired) electrons. The van der Waals surface area contributed by atoms with Crippen LogP contribution < -0.4 is 5.32 Å². The summed E-state index contributed by atoms with van der Waals surface area (Å²) >= 11 is 10.8. The summed E-state index contributed by atoms with van der Waals surface area (Å²) < 4.78 is 7.00. The zero-order valence-electron chi connectivity index (χ0n) is 8.50. The fraction of sp³-hybridized carbons (Fsp3) is 0.273. The lowest BCUT2D eigenvalue weighted by Crippen LogP contribution is -2.15. The third kappa shape index (κ3) is 3.63. The molecule has 0 unspecified atom stereocenters. The van der Waals surface area contributed by atoms with Gasteiger partial charge >= 0.3 is 0 Å². The zero-order chi connectivity index (χ0) is 11.4. The number of hydrogen-bond acceptors (Lipinski definition) is 3. The van der Waals surface area contributed by atoms with Crippen molar-refractivity contribution >= 4 is 38.9 Å². The summed E-state index contributed by atoms with van der Waals surface area (Å²) in [5, 5.41) is 3.32. The van der Waals surface area contributed by atoms with Crippen molar-refractivity contribution in [1.29, 1.82) is 0 Å². The van der Waals surface area contributed by atoms with Crippen LogP contribution in [-0.2, 0) is 13.0 Å². The van der Waals surface area contributed by atoms with Crippen molar-refractivity contribution in [2.45, 2.75) is 13.0 Å². The molecule has 1 N–H and O–H groups in total. The van der Waals surface area contributed by atoms with Crippen LogP contribution in [0.5, 0.6) is 0 Å². The molecule has 0 aliphatic heterocycles. The van der Waals surface area contributed by atoms with Gasteiger partial charge in [-0.25, -0.2) is 0 Å². The van der Waals surface area contributed by atoms with E-state index in [0.717, 1.165) is 34.3 Å². The molecule has 16 heavy (non-hydrogen) atoms. The van der Waals surface area contributed by atoms with Gasteiger partial charge in [-0.1, -0.05) is 11.6 Å². The van der Waals surface area contributed by atoms with Crippen LogP contribution in [0.25, 0.3) is 0 Å². The smallest absolute Gasteiger partial charge is 0.169 e. The Bertz CT molecular complexity index is 412. The third-order valence-electron chi connectivity index (χ3n) is 2.11. The molecule has 0 bridgehead atoms. The van der Waals surface area contributed by atoms with Gasteiger partial charge in [0, 0.05) is 11.4 Å². The molecule has 0 aromatic carbocycles. The highest BCUT2D eigenvalue weighted by atomic mass is 79.9. The molecule has 86 valence electrons. The highest BCUT2D eigenvalue weighted by Crippen LogP contribution is 2.21. The second-order valence-corrected chi connectivity index (χ2v) is 5.92. The van der Waals surface area contributed by atoms with Gasteiger partial charge in [-0.2, -0.15) is 0 Å². The van der Waals surface area contributed by atoms with Crippen molar-refractivity contribution < 1.29 is 4.42 Å². The first kappa shape index (κ1) is 12.2. The molecule has 2 nitrogen and oxygen atoms in total. The van der Waals surface area contributed by atoms with Gasteiger partial charge in [0.15, 0.2) is 4.67 Å². The van der Waals surface area contributed by atoms with E-state index in [1.165, 1.54) is 4.88 Å². The van der Waals surface area contributed by atoms with Crippen LogP contribution in [-0.4, -0.2) is 6.54 Å². The van der Waals surface area contributed by atoms with E-state index in [1.54, 1.807) is 11.3 Å². The molecule has 0 aliphatic rings. The van der Waals surface area contributed by atoms with Crippen LogP contribution in [0, 0.1) is 0 Å². The Labute approximate surface area is 112 Å². The average molecular weight is 321 g/mol. The molecule has 2 aromatic rings. The fourth-order valence-corrected chi connectivity index (χ4v) is 2.78. The van der Waals surface area contributed by atoms with Gasteiger partial charge < -0.3 is 9.73 Å². The maximum atomic E-state index is 5.85. The van der Waals surface area contributed by atoms with Gasteiger partial charge in [-0.3, -0.25) is 0 Å². The Morgan fingerprint density at radius 3 is 2.81 bits per heavy atom. The van der Waals surface area contributed by atoms with Crippen LogP contribution in [0.3, 0.4) is 0 Å². The predicted molar refractivity (Wildman–Crippen MR) is 71.1 cm³/mol. The summed E-state index contributed by atoms with van der Waals surface area (Å²) in [7, 11) is 0. The normalized spacial score (nSPS) is 10.9. The number of nitrogens with one attached hydrogen (secondary N) is 1. The van der Waals surface area contributed by atoms with Gasteiger partial charge in [0.1, 0.15) is 5.76 Å². The molecular weight excluding hydrogens is 310 g/mol. The molecule has 0 saturated heterocycles. The average Bonchev–Trinajstić information content (AvgIpc) is 2.83. The molecule has 0 aliphatic carbocycles. The Hall–Kier alpha value is -0.290. The minimum absolute atomic E-state index is 0.755. The fourth-order valence-electron chi connectivity index (χ4n) is 1.36. The van der Waals surface area contributed by atoms with Gasteiger partial charge in [0.2, 0.25) is 0 Å². The molecule has 0 amide bonds. The second kappa shape index (κ2) is 5.87. The molecule has 2 heterocycles. The predicted octanol–water partition coefficient (Wildman–Crippen LogP) is 4.09. The summed E-state index contributed by atoms with van der Waals surface area (Å²) in [4.78, 5) is 1.30. The van der Waals surface area contributed by atoms with E-state index >= 15 is 0 Å². The van der Waals surface area contributed by atoms with E-state index in [2.05, 4.69) is 27.3 Å². The minimum Gasteiger partial charge on any atom is -0.453 e. The first-order chi connectivity index (χ1) is 7.74. The largest absolute Gasteiger partial charge is 0.453 e. The lowest BCUT2D eigenvalue weighted by atomic mass is 10.3. The molecule has 5 heteroatoms. The molecule has 0 fully saturated rings. The van der Waals surface area contributed by atoms with Crippen LogP contribution in [0.1, 0.15) is 10.6 Å². The van der Waals surface area contributed by atoms with Crippen LogP contribution in [0.4, 0.5) is 0 Å².